The summed E-state index contributed by atoms with van der Waals surface area (Å²) in [6, 6.07) is 1.53. The van der Waals surface area contributed by atoms with Gasteiger partial charge in [0.05, 0.1) is 6.10 Å². The first kappa shape index (κ1) is 12.3. The van der Waals surface area contributed by atoms with Crippen LogP contribution in [0.2, 0.25) is 0 Å². The van der Waals surface area contributed by atoms with E-state index in [1.807, 2.05) is 0 Å². The molecule has 94 valence electrons. The molecule has 0 aromatic rings. The molecular weight excluding hydrogens is 200 g/mol. The molecule has 0 aromatic heterocycles. The van der Waals surface area contributed by atoms with Crippen LogP contribution < -0.4 is 5.32 Å². The van der Waals surface area contributed by atoms with Crippen molar-refractivity contribution >= 4 is 0 Å². The van der Waals surface area contributed by atoms with Crippen LogP contribution in [0.25, 0.3) is 0 Å². The summed E-state index contributed by atoms with van der Waals surface area (Å²) in [5.41, 5.74) is 0. The van der Waals surface area contributed by atoms with Gasteiger partial charge >= 0.3 is 0 Å². The molecule has 2 saturated heterocycles. The summed E-state index contributed by atoms with van der Waals surface area (Å²) in [6.07, 6.45) is 5.45. The van der Waals surface area contributed by atoms with Crippen LogP contribution in [-0.4, -0.2) is 49.3 Å². The van der Waals surface area contributed by atoms with E-state index < -0.39 is 0 Å². The number of hydrogen-bond donors (Lipinski definition) is 1. The van der Waals surface area contributed by atoms with Crippen molar-refractivity contribution in [3.05, 3.63) is 0 Å². The Bertz CT molecular complexity index is 204. The third kappa shape index (κ3) is 2.76. The van der Waals surface area contributed by atoms with Crippen molar-refractivity contribution in [1.29, 1.82) is 0 Å². The molecule has 0 amide bonds. The molecule has 2 rings (SSSR count). The Morgan fingerprint density at radius 3 is 2.75 bits per heavy atom. The molecule has 3 atom stereocenters. The molecular formula is C13H26N2O. The summed E-state index contributed by atoms with van der Waals surface area (Å²) < 4.78 is 5.77. The van der Waals surface area contributed by atoms with E-state index in [1.54, 1.807) is 0 Å². The highest BCUT2D eigenvalue weighted by Gasteiger charge is 2.31. The Morgan fingerprint density at radius 1 is 1.25 bits per heavy atom. The van der Waals surface area contributed by atoms with Gasteiger partial charge < -0.3 is 10.1 Å². The fourth-order valence-corrected chi connectivity index (χ4v) is 3.18. The van der Waals surface area contributed by atoms with E-state index in [4.69, 9.17) is 4.74 Å². The van der Waals surface area contributed by atoms with E-state index in [9.17, 15) is 0 Å². The van der Waals surface area contributed by atoms with Crippen LogP contribution in [0.4, 0.5) is 0 Å². The molecule has 0 radical (unpaired) electrons. The molecule has 16 heavy (non-hydrogen) atoms. The van der Waals surface area contributed by atoms with E-state index in [0.717, 1.165) is 25.1 Å². The molecule has 0 aliphatic carbocycles. The molecule has 0 spiro atoms. The summed E-state index contributed by atoms with van der Waals surface area (Å²) in [4.78, 5) is 2.71. The first-order chi connectivity index (χ1) is 7.85. The van der Waals surface area contributed by atoms with Crippen LogP contribution >= 0.6 is 0 Å². The number of nitrogens with one attached hydrogen (secondary N) is 1. The van der Waals surface area contributed by atoms with Crippen molar-refractivity contribution in [1.82, 2.24) is 10.2 Å². The van der Waals surface area contributed by atoms with Crippen molar-refractivity contribution in [3.63, 3.8) is 0 Å². The van der Waals surface area contributed by atoms with Crippen LogP contribution in [0.1, 0.15) is 39.5 Å². The van der Waals surface area contributed by atoms with Crippen LogP contribution in [-0.2, 0) is 4.74 Å². The van der Waals surface area contributed by atoms with Gasteiger partial charge in [-0.05, 0) is 38.8 Å². The molecule has 0 bridgehead atoms. The average Bonchev–Trinajstić information content (AvgIpc) is 2.84. The van der Waals surface area contributed by atoms with Crippen molar-refractivity contribution in [2.45, 2.75) is 57.7 Å². The molecule has 3 unspecified atom stereocenters. The van der Waals surface area contributed by atoms with Crippen molar-refractivity contribution in [2.75, 3.05) is 26.2 Å². The standard InChI is InChI=1S/C13H26N2O/c1-3-13-9-11(6-8-16-13)15(4-2)12-5-7-14-10-12/h11-14H,3-10H2,1-2H3. The Hall–Kier alpha value is -0.120. The van der Waals surface area contributed by atoms with E-state index in [2.05, 4.69) is 24.1 Å². The highest BCUT2D eigenvalue weighted by atomic mass is 16.5. The number of ether oxygens (including phenoxy) is 1. The SMILES string of the molecule is CCC1CC(N(CC)C2CCNC2)CCO1. The highest BCUT2D eigenvalue weighted by molar-refractivity contribution is 4.87. The normalized spacial score (nSPS) is 35.8. The second-order valence-corrected chi connectivity index (χ2v) is 5.06. The molecule has 3 nitrogen and oxygen atoms in total. The Kier molecular flexibility index (Phi) is 4.62. The van der Waals surface area contributed by atoms with Crippen LogP contribution in [0, 0.1) is 0 Å². The lowest BCUT2D eigenvalue weighted by Crippen LogP contribution is -2.48. The maximum Gasteiger partial charge on any atom is 0.0587 e. The molecule has 2 heterocycles. The minimum atomic E-state index is 0.502. The second kappa shape index (κ2) is 5.99. The van der Waals surface area contributed by atoms with Gasteiger partial charge in [0, 0.05) is 25.2 Å². The lowest BCUT2D eigenvalue weighted by Gasteiger charge is -2.40. The molecule has 2 fully saturated rings. The molecule has 2 aliphatic rings. The number of nitrogens with zero attached hydrogens (tertiary/aromatic N) is 1. The van der Waals surface area contributed by atoms with Crippen molar-refractivity contribution in [3.8, 4) is 0 Å². The van der Waals surface area contributed by atoms with Gasteiger partial charge in [-0.3, -0.25) is 4.90 Å². The third-order valence-electron chi connectivity index (χ3n) is 4.13. The fourth-order valence-electron chi connectivity index (χ4n) is 3.18. The van der Waals surface area contributed by atoms with E-state index >= 15 is 0 Å². The minimum Gasteiger partial charge on any atom is -0.378 e. The van der Waals surface area contributed by atoms with E-state index in [1.165, 1.54) is 38.9 Å². The van der Waals surface area contributed by atoms with Gasteiger partial charge in [0.2, 0.25) is 0 Å². The Balaban J connectivity index is 1.91. The summed E-state index contributed by atoms with van der Waals surface area (Å²) in [5.74, 6) is 0. The maximum atomic E-state index is 5.77. The largest absolute Gasteiger partial charge is 0.378 e. The molecule has 1 N–H and O–H groups in total. The maximum absolute atomic E-state index is 5.77. The molecule has 0 aromatic carbocycles. The predicted molar refractivity (Wildman–Crippen MR) is 66.7 cm³/mol. The zero-order valence-corrected chi connectivity index (χ0v) is 10.7. The number of likely N-dealkylation sites (N-methyl/N-ethyl adjacent to an activating group) is 1. The molecule has 0 saturated carbocycles. The monoisotopic (exact) mass is 226 g/mol. The summed E-state index contributed by atoms with van der Waals surface area (Å²) in [7, 11) is 0. The van der Waals surface area contributed by atoms with Crippen molar-refractivity contribution in [2.24, 2.45) is 0 Å². The van der Waals surface area contributed by atoms with Gasteiger partial charge in [0.25, 0.3) is 0 Å². The Labute approximate surface area is 99.5 Å². The molecule has 2 aliphatic heterocycles. The first-order valence-electron chi connectivity index (χ1n) is 6.93. The van der Waals surface area contributed by atoms with Gasteiger partial charge in [-0.2, -0.15) is 0 Å². The number of rotatable bonds is 4. The third-order valence-corrected chi connectivity index (χ3v) is 4.13. The second-order valence-electron chi connectivity index (χ2n) is 5.06. The lowest BCUT2D eigenvalue weighted by atomic mass is 9.98. The van der Waals surface area contributed by atoms with Crippen LogP contribution in [0.3, 0.4) is 0 Å². The van der Waals surface area contributed by atoms with Gasteiger partial charge in [-0.1, -0.05) is 13.8 Å². The smallest absolute Gasteiger partial charge is 0.0587 e. The quantitative estimate of drug-likeness (QED) is 0.788. The number of hydrogen-bond acceptors (Lipinski definition) is 3. The van der Waals surface area contributed by atoms with E-state index in [0.29, 0.717) is 6.10 Å². The minimum absolute atomic E-state index is 0.502. The van der Waals surface area contributed by atoms with Gasteiger partial charge in [-0.15, -0.1) is 0 Å². The van der Waals surface area contributed by atoms with Gasteiger partial charge in [0.15, 0.2) is 0 Å². The molecule has 3 heteroatoms. The lowest BCUT2D eigenvalue weighted by molar-refractivity contribution is -0.0349. The van der Waals surface area contributed by atoms with E-state index in [-0.39, 0.29) is 0 Å². The summed E-state index contributed by atoms with van der Waals surface area (Å²) in [5, 5.41) is 3.48. The topological polar surface area (TPSA) is 24.5 Å². The van der Waals surface area contributed by atoms with Gasteiger partial charge in [-0.25, -0.2) is 0 Å². The zero-order chi connectivity index (χ0) is 11.4. The zero-order valence-electron chi connectivity index (χ0n) is 10.7. The average molecular weight is 226 g/mol. The Morgan fingerprint density at radius 2 is 2.12 bits per heavy atom. The summed E-state index contributed by atoms with van der Waals surface area (Å²) in [6.45, 7) is 9.06. The predicted octanol–water partition coefficient (Wildman–Crippen LogP) is 1.63. The van der Waals surface area contributed by atoms with Crippen molar-refractivity contribution < 1.29 is 4.74 Å². The van der Waals surface area contributed by atoms with Crippen LogP contribution in [0.15, 0.2) is 0 Å². The highest BCUT2D eigenvalue weighted by Crippen LogP contribution is 2.24. The first-order valence-corrected chi connectivity index (χ1v) is 6.93. The van der Waals surface area contributed by atoms with Crippen LogP contribution in [0.5, 0.6) is 0 Å². The summed E-state index contributed by atoms with van der Waals surface area (Å²) >= 11 is 0. The fraction of sp³-hybridized carbons (Fsp3) is 1.00. The van der Waals surface area contributed by atoms with Gasteiger partial charge in [0.1, 0.15) is 0 Å².